The van der Waals surface area contributed by atoms with E-state index in [1.165, 1.54) is 25.7 Å². The maximum Gasteiger partial charge on any atom is 0.320 e. The first-order chi connectivity index (χ1) is 12.7. The predicted molar refractivity (Wildman–Crippen MR) is 114 cm³/mol. The van der Waals surface area contributed by atoms with Gasteiger partial charge in [0.1, 0.15) is 6.04 Å². The minimum absolute atomic E-state index is 0.452. The molecule has 0 aromatic heterocycles. The molecule has 0 amide bonds. The zero-order valence-corrected chi connectivity index (χ0v) is 16.8. The minimum Gasteiger partial charge on any atom is -0.480 e. The first-order valence-corrected chi connectivity index (χ1v) is 10.2. The second-order valence-electron chi connectivity index (χ2n) is 6.60. The van der Waals surface area contributed by atoms with Crippen LogP contribution < -0.4 is 5.32 Å². The number of rotatable bonds is 17. The molecule has 148 valence electrons. The Morgan fingerprint density at radius 1 is 0.808 bits per heavy atom. The fourth-order valence-corrected chi connectivity index (χ4v) is 2.35. The van der Waals surface area contributed by atoms with Crippen LogP contribution in [0.4, 0.5) is 0 Å². The molecule has 0 aliphatic carbocycles. The number of hydrogen-bond donors (Lipinski definition) is 2. The van der Waals surface area contributed by atoms with Gasteiger partial charge in [-0.15, -0.1) is 0 Å². The van der Waals surface area contributed by atoms with Gasteiger partial charge in [0.25, 0.3) is 0 Å². The van der Waals surface area contributed by atoms with E-state index in [0.29, 0.717) is 0 Å². The molecule has 3 heteroatoms. The fraction of sp³-hybridized carbons (Fsp3) is 0.609. The van der Waals surface area contributed by atoms with E-state index in [2.05, 4.69) is 60.8 Å². The third kappa shape index (κ3) is 18.7. The minimum atomic E-state index is -0.787. The van der Waals surface area contributed by atoms with Crippen molar-refractivity contribution in [2.75, 3.05) is 6.54 Å². The van der Waals surface area contributed by atoms with E-state index in [-0.39, 0.29) is 0 Å². The number of aliphatic carboxylic acids is 1. The average molecular weight is 362 g/mol. The van der Waals surface area contributed by atoms with Gasteiger partial charge in [-0.2, -0.15) is 0 Å². The van der Waals surface area contributed by atoms with E-state index in [4.69, 9.17) is 5.11 Å². The maximum atomic E-state index is 10.6. The molecule has 0 rings (SSSR count). The van der Waals surface area contributed by atoms with E-state index in [0.717, 1.165) is 45.1 Å². The van der Waals surface area contributed by atoms with Gasteiger partial charge in [-0.3, -0.25) is 4.79 Å². The monoisotopic (exact) mass is 361 g/mol. The van der Waals surface area contributed by atoms with Crippen molar-refractivity contribution >= 4 is 5.97 Å². The summed E-state index contributed by atoms with van der Waals surface area (Å²) in [5, 5.41) is 11.7. The lowest BCUT2D eigenvalue weighted by Crippen LogP contribution is -2.34. The lowest BCUT2D eigenvalue weighted by atomic mass is 10.2. The zero-order valence-electron chi connectivity index (χ0n) is 16.8. The first kappa shape index (κ1) is 24.4. The summed E-state index contributed by atoms with van der Waals surface area (Å²) in [5.41, 5.74) is 0. The number of hydrogen-bond acceptors (Lipinski definition) is 2. The molecule has 2 N–H and O–H groups in total. The van der Waals surface area contributed by atoms with Crippen LogP contribution in [0.1, 0.15) is 78.1 Å². The average Bonchev–Trinajstić information content (AvgIpc) is 2.63. The highest BCUT2D eigenvalue weighted by atomic mass is 16.4. The van der Waals surface area contributed by atoms with Gasteiger partial charge < -0.3 is 10.4 Å². The molecule has 0 heterocycles. The number of carboxylic acids is 1. The van der Waals surface area contributed by atoms with Gasteiger partial charge >= 0.3 is 5.97 Å². The summed E-state index contributed by atoms with van der Waals surface area (Å²) in [6.07, 6.45) is 29.2. The fourth-order valence-electron chi connectivity index (χ4n) is 2.35. The molecule has 0 aromatic rings. The third-order valence-electron chi connectivity index (χ3n) is 4.08. The number of carboxylic acid groups (broad SMARTS) is 1. The summed E-state index contributed by atoms with van der Waals surface area (Å²) in [6, 6.07) is -0.452. The van der Waals surface area contributed by atoms with E-state index in [1.807, 2.05) is 0 Å². The van der Waals surface area contributed by atoms with Gasteiger partial charge in [-0.1, -0.05) is 68.4 Å². The van der Waals surface area contributed by atoms with Crippen molar-refractivity contribution in [3.8, 4) is 0 Å². The highest BCUT2D eigenvalue weighted by Gasteiger charge is 2.07. The SMILES string of the molecule is CCCCCC=CCC=CCC=CCC=CCCCCN[C@@H](C)C(=O)O. The first-order valence-electron chi connectivity index (χ1n) is 10.2. The molecule has 0 radical (unpaired) electrons. The largest absolute Gasteiger partial charge is 0.480 e. The molecular weight excluding hydrogens is 322 g/mol. The second kappa shape index (κ2) is 19.7. The summed E-state index contributed by atoms with van der Waals surface area (Å²) in [5.74, 6) is -0.787. The molecule has 3 nitrogen and oxygen atoms in total. The van der Waals surface area contributed by atoms with Crippen molar-refractivity contribution in [1.82, 2.24) is 5.32 Å². The van der Waals surface area contributed by atoms with Crippen molar-refractivity contribution in [2.24, 2.45) is 0 Å². The van der Waals surface area contributed by atoms with E-state index in [9.17, 15) is 4.79 Å². The summed E-state index contributed by atoms with van der Waals surface area (Å²) in [6.45, 7) is 4.68. The molecule has 0 spiro atoms. The summed E-state index contributed by atoms with van der Waals surface area (Å²) in [7, 11) is 0. The molecule has 0 aromatic carbocycles. The summed E-state index contributed by atoms with van der Waals surface area (Å²) >= 11 is 0. The molecule has 0 bridgehead atoms. The standard InChI is InChI=1S/C23H39NO2/c1-3-4-5-6-7-8-9-10-11-12-13-14-15-16-17-18-19-20-21-24-22(2)23(25)26/h7-8,10-11,13-14,16-17,22,24H,3-6,9,12,15,18-21H2,1-2H3,(H,25,26)/t22-/m0/s1. The highest BCUT2D eigenvalue weighted by Crippen LogP contribution is 2.01. The molecule has 0 saturated heterocycles. The van der Waals surface area contributed by atoms with Crippen molar-refractivity contribution in [3.05, 3.63) is 48.6 Å². The smallest absolute Gasteiger partial charge is 0.320 e. The predicted octanol–water partition coefficient (Wildman–Crippen LogP) is 6.19. The van der Waals surface area contributed by atoms with Crippen LogP contribution in [0.5, 0.6) is 0 Å². The van der Waals surface area contributed by atoms with Gasteiger partial charge in [-0.25, -0.2) is 0 Å². The van der Waals surface area contributed by atoms with Crippen LogP contribution in [0.25, 0.3) is 0 Å². The van der Waals surface area contributed by atoms with Crippen LogP contribution in [-0.2, 0) is 4.79 Å². The molecule has 0 aliphatic rings. The van der Waals surface area contributed by atoms with Gasteiger partial charge in [0.05, 0.1) is 0 Å². The van der Waals surface area contributed by atoms with Gasteiger partial charge in [-0.05, 0) is 64.8 Å². The Hall–Kier alpha value is -1.61. The van der Waals surface area contributed by atoms with Crippen LogP contribution in [0.2, 0.25) is 0 Å². The third-order valence-corrected chi connectivity index (χ3v) is 4.08. The van der Waals surface area contributed by atoms with Crippen LogP contribution in [-0.4, -0.2) is 23.7 Å². The quantitative estimate of drug-likeness (QED) is 0.240. The van der Waals surface area contributed by atoms with Crippen molar-refractivity contribution < 1.29 is 9.90 Å². The van der Waals surface area contributed by atoms with Crippen molar-refractivity contribution in [3.63, 3.8) is 0 Å². The lowest BCUT2D eigenvalue weighted by Gasteiger charge is -2.07. The molecule has 26 heavy (non-hydrogen) atoms. The van der Waals surface area contributed by atoms with Crippen LogP contribution in [0, 0.1) is 0 Å². The van der Waals surface area contributed by atoms with E-state index >= 15 is 0 Å². The Kier molecular flexibility index (Phi) is 18.5. The molecule has 0 unspecified atom stereocenters. The Morgan fingerprint density at radius 3 is 1.73 bits per heavy atom. The Bertz CT molecular complexity index is 435. The number of carbonyl (C=O) groups is 1. The van der Waals surface area contributed by atoms with Gasteiger partial charge in [0.2, 0.25) is 0 Å². The normalized spacial score (nSPS) is 13.6. The number of unbranched alkanes of at least 4 members (excludes halogenated alkanes) is 5. The van der Waals surface area contributed by atoms with Crippen LogP contribution >= 0.6 is 0 Å². The van der Waals surface area contributed by atoms with Gasteiger partial charge in [0.15, 0.2) is 0 Å². The van der Waals surface area contributed by atoms with E-state index < -0.39 is 12.0 Å². The zero-order chi connectivity index (χ0) is 19.3. The highest BCUT2D eigenvalue weighted by molar-refractivity contribution is 5.72. The summed E-state index contributed by atoms with van der Waals surface area (Å²) in [4.78, 5) is 10.6. The Labute approximate surface area is 161 Å². The van der Waals surface area contributed by atoms with Crippen LogP contribution in [0.3, 0.4) is 0 Å². The summed E-state index contributed by atoms with van der Waals surface area (Å²) < 4.78 is 0. The number of nitrogens with one attached hydrogen (secondary N) is 1. The lowest BCUT2D eigenvalue weighted by molar-refractivity contribution is -0.138. The molecule has 0 aliphatic heterocycles. The Morgan fingerprint density at radius 2 is 1.27 bits per heavy atom. The second-order valence-corrected chi connectivity index (χ2v) is 6.60. The topological polar surface area (TPSA) is 49.3 Å². The van der Waals surface area contributed by atoms with Gasteiger partial charge in [0, 0.05) is 0 Å². The van der Waals surface area contributed by atoms with Crippen LogP contribution in [0.15, 0.2) is 48.6 Å². The molecule has 0 saturated carbocycles. The molecular formula is C23H39NO2. The molecule has 1 atom stereocenters. The maximum absolute atomic E-state index is 10.6. The Balaban J connectivity index is 3.42. The van der Waals surface area contributed by atoms with Crippen molar-refractivity contribution in [2.45, 2.75) is 84.1 Å². The molecule has 0 fully saturated rings. The van der Waals surface area contributed by atoms with Crippen molar-refractivity contribution in [1.29, 1.82) is 0 Å². The number of allylic oxidation sites excluding steroid dienone is 8. The van der Waals surface area contributed by atoms with E-state index in [1.54, 1.807) is 6.92 Å².